The number of carbonyl (C=O) groups excluding carboxylic acids is 3. The average Bonchev–Trinajstić information content (AvgIpc) is 3.23. The predicted octanol–water partition coefficient (Wildman–Crippen LogP) is 3.27. The van der Waals surface area contributed by atoms with Crippen LogP contribution in [0, 0.1) is 0 Å². The van der Waals surface area contributed by atoms with Crippen LogP contribution in [0.3, 0.4) is 0 Å². The number of rotatable bonds is 6. The van der Waals surface area contributed by atoms with Crippen LogP contribution >= 0.6 is 0 Å². The van der Waals surface area contributed by atoms with Gasteiger partial charge in [-0.25, -0.2) is 0 Å². The van der Waals surface area contributed by atoms with E-state index in [1.54, 1.807) is 4.90 Å². The van der Waals surface area contributed by atoms with Crippen LogP contribution in [-0.2, 0) is 40.1 Å². The molecule has 1 amide bonds. The second-order valence-electron chi connectivity index (χ2n) is 7.75. The van der Waals surface area contributed by atoms with E-state index in [1.165, 1.54) is 16.7 Å². The van der Waals surface area contributed by atoms with E-state index in [9.17, 15) is 14.4 Å². The molecular formula is C24H25NO4. The van der Waals surface area contributed by atoms with E-state index in [0.29, 0.717) is 18.7 Å². The van der Waals surface area contributed by atoms with Crippen molar-refractivity contribution >= 4 is 17.7 Å². The molecule has 0 aromatic heterocycles. The third-order valence-corrected chi connectivity index (χ3v) is 5.82. The number of hydrogen-bond donors (Lipinski definition) is 0. The summed E-state index contributed by atoms with van der Waals surface area (Å²) in [4.78, 5) is 38.5. The Morgan fingerprint density at radius 3 is 2.48 bits per heavy atom. The highest BCUT2D eigenvalue weighted by Crippen LogP contribution is 2.23. The smallest absolute Gasteiger partial charge is 0.306 e. The second-order valence-corrected chi connectivity index (χ2v) is 7.75. The molecule has 150 valence electrons. The first-order valence-corrected chi connectivity index (χ1v) is 10.3. The molecular weight excluding hydrogens is 366 g/mol. The lowest BCUT2D eigenvalue weighted by atomic mass is 10.00. The fourth-order valence-electron chi connectivity index (χ4n) is 4.12. The first-order chi connectivity index (χ1) is 14.1. The first-order valence-electron chi connectivity index (χ1n) is 10.3. The van der Waals surface area contributed by atoms with E-state index in [-0.39, 0.29) is 31.1 Å². The molecule has 1 aliphatic carbocycles. The molecule has 1 aliphatic heterocycles. The number of benzene rings is 2. The van der Waals surface area contributed by atoms with E-state index in [4.69, 9.17) is 4.74 Å². The van der Waals surface area contributed by atoms with E-state index in [0.717, 1.165) is 31.2 Å². The van der Waals surface area contributed by atoms with E-state index in [2.05, 4.69) is 6.07 Å². The summed E-state index contributed by atoms with van der Waals surface area (Å²) < 4.78 is 5.12. The van der Waals surface area contributed by atoms with Gasteiger partial charge in [0.25, 0.3) is 5.91 Å². The standard InChI is InChI=1S/C24H25NO4/c26-22(20-9-8-17-6-3-7-19(17)14-20)10-11-24(28)29-16-23(27)25-13-12-18-4-1-2-5-21(18)15-25/h1-2,4-5,8-9,14H,3,6-7,10-13,15-16H2. The molecule has 1 heterocycles. The third kappa shape index (κ3) is 4.56. The Kier molecular flexibility index (Phi) is 5.74. The number of ether oxygens (including phenoxy) is 1. The number of esters is 1. The molecule has 0 N–H and O–H groups in total. The van der Waals surface area contributed by atoms with Gasteiger partial charge in [-0.3, -0.25) is 14.4 Å². The molecule has 0 spiro atoms. The van der Waals surface area contributed by atoms with Crippen molar-refractivity contribution in [3.63, 3.8) is 0 Å². The summed E-state index contributed by atoms with van der Waals surface area (Å²) in [5.74, 6) is -0.765. The summed E-state index contributed by atoms with van der Waals surface area (Å²) in [6.07, 6.45) is 4.13. The molecule has 0 bridgehead atoms. The molecule has 0 saturated heterocycles. The molecule has 4 rings (SSSR count). The van der Waals surface area contributed by atoms with Crippen molar-refractivity contribution in [3.05, 3.63) is 70.3 Å². The van der Waals surface area contributed by atoms with Crippen molar-refractivity contribution in [2.45, 2.75) is 45.1 Å². The van der Waals surface area contributed by atoms with Gasteiger partial charge in [-0.2, -0.15) is 0 Å². The lowest BCUT2D eigenvalue weighted by Gasteiger charge is -2.28. The van der Waals surface area contributed by atoms with Crippen LogP contribution in [-0.4, -0.2) is 35.7 Å². The number of Topliss-reactive ketones (excluding diaryl/α,β-unsaturated/α-hetero) is 1. The highest BCUT2D eigenvalue weighted by atomic mass is 16.5. The van der Waals surface area contributed by atoms with E-state index in [1.807, 2.05) is 36.4 Å². The molecule has 5 nitrogen and oxygen atoms in total. The lowest BCUT2D eigenvalue weighted by Crippen LogP contribution is -2.38. The van der Waals surface area contributed by atoms with Gasteiger partial charge in [0.15, 0.2) is 12.4 Å². The predicted molar refractivity (Wildman–Crippen MR) is 109 cm³/mol. The van der Waals surface area contributed by atoms with E-state index >= 15 is 0 Å². The Morgan fingerprint density at radius 1 is 0.862 bits per heavy atom. The first kappa shape index (κ1) is 19.4. The maximum absolute atomic E-state index is 12.4. The maximum Gasteiger partial charge on any atom is 0.306 e. The molecule has 0 atom stereocenters. The maximum atomic E-state index is 12.4. The molecule has 0 fully saturated rings. The number of fused-ring (bicyclic) bond motifs is 2. The van der Waals surface area contributed by atoms with Gasteiger partial charge in [0.05, 0.1) is 6.42 Å². The summed E-state index contributed by atoms with van der Waals surface area (Å²) >= 11 is 0. The van der Waals surface area contributed by atoms with Crippen molar-refractivity contribution in [3.8, 4) is 0 Å². The van der Waals surface area contributed by atoms with Crippen LogP contribution in [0.1, 0.15) is 51.9 Å². The van der Waals surface area contributed by atoms with Gasteiger partial charge in [-0.05, 0) is 54.0 Å². The summed E-state index contributed by atoms with van der Waals surface area (Å²) in [7, 11) is 0. The van der Waals surface area contributed by atoms with Crippen molar-refractivity contribution in [2.24, 2.45) is 0 Å². The molecule has 2 aromatic carbocycles. The van der Waals surface area contributed by atoms with Gasteiger partial charge in [-0.15, -0.1) is 0 Å². The van der Waals surface area contributed by atoms with Crippen LogP contribution in [0.15, 0.2) is 42.5 Å². The number of hydrogen-bond acceptors (Lipinski definition) is 4. The normalized spacial score (nSPS) is 14.8. The van der Waals surface area contributed by atoms with Crippen LogP contribution in [0.4, 0.5) is 0 Å². The second kappa shape index (κ2) is 8.60. The molecule has 0 radical (unpaired) electrons. The van der Waals surface area contributed by atoms with Crippen LogP contribution in [0.2, 0.25) is 0 Å². The Bertz CT molecular complexity index is 950. The van der Waals surface area contributed by atoms with Crippen LogP contribution in [0.25, 0.3) is 0 Å². The Balaban J connectivity index is 1.22. The van der Waals surface area contributed by atoms with Crippen molar-refractivity contribution in [2.75, 3.05) is 13.2 Å². The van der Waals surface area contributed by atoms with Gasteiger partial charge in [0, 0.05) is 25.1 Å². The highest BCUT2D eigenvalue weighted by Gasteiger charge is 2.21. The summed E-state index contributed by atoms with van der Waals surface area (Å²) in [6, 6.07) is 13.9. The largest absolute Gasteiger partial charge is 0.456 e. The van der Waals surface area contributed by atoms with Crippen molar-refractivity contribution < 1.29 is 19.1 Å². The number of aryl methyl sites for hydroxylation is 2. The molecule has 29 heavy (non-hydrogen) atoms. The van der Waals surface area contributed by atoms with Gasteiger partial charge in [0.2, 0.25) is 0 Å². The number of ketones is 1. The lowest BCUT2D eigenvalue weighted by molar-refractivity contribution is -0.152. The highest BCUT2D eigenvalue weighted by molar-refractivity contribution is 5.98. The SMILES string of the molecule is O=C(CCC(=O)c1ccc2c(c1)CCC2)OCC(=O)N1CCc2ccccc2C1. The van der Waals surface area contributed by atoms with Crippen LogP contribution < -0.4 is 0 Å². The molecule has 0 unspecified atom stereocenters. The quantitative estimate of drug-likeness (QED) is 0.560. The Hall–Kier alpha value is -2.95. The fraction of sp³-hybridized carbons (Fsp3) is 0.375. The minimum atomic E-state index is -0.509. The van der Waals surface area contributed by atoms with Gasteiger partial charge in [0.1, 0.15) is 0 Å². The summed E-state index contributed by atoms with van der Waals surface area (Å²) in [6.45, 7) is 0.904. The van der Waals surface area contributed by atoms with Gasteiger partial charge < -0.3 is 9.64 Å². The van der Waals surface area contributed by atoms with Gasteiger partial charge >= 0.3 is 5.97 Å². The number of nitrogens with zero attached hydrogens (tertiary/aromatic N) is 1. The Morgan fingerprint density at radius 2 is 1.62 bits per heavy atom. The minimum Gasteiger partial charge on any atom is -0.456 e. The molecule has 2 aromatic rings. The fourth-order valence-corrected chi connectivity index (χ4v) is 4.12. The summed E-state index contributed by atoms with van der Waals surface area (Å²) in [5.41, 5.74) is 5.62. The average molecular weight is 391 g/mol. The Labute approximate surface area is 170 Å². The summed E-state index contributed by atoms with van der Waals surface area (Å²) in [5, 5.41) is 0. The topological polar surface area (TPSA) is 63.7 Å². The number of carbonyl (C=O) groups is 3. The van der Waals surface area contributed by atoms with Gasteiger partial charge in [-0.1, -0.05) is 36.4 Å². The van der Waals surface area contributed by atoms with Crippen molar-refractivity contribution in [1.82, 2.24) is 4.90 Å². The molecule has 2 aliphatic rings. The molecule has 0 saturated carbocycles. The minimum absolute atomic E-state index is 0.00791. The zero-order valence-electron chi connectivity index (χ0n) is 16.5. The number of amides is 1. The third-order valence-electron chi connectivity index (χ3n) is 5.82. The van der Waals surface area contributed by atoms with Crippen molar-refractivity contribution in [1.29, 1.82) is 0 Å². The van der Waals surface area contributed by atoms with E-state index < -0.39 is 5.97 Å². The zero-order chi connectivity index (χ0) is 20.2. The zero-order valence-corrected chi connectivity index (χ0v) is 16.5. The molecule has 5 heteroatoms. The van der Waals surface area contributed by atoms with Crippen LogP contribution in [0.5, 0.6) is 0 Å². The monoisotopic (exact) mass is 391 g/mol.